The maximum absolute atomic E-state index is 11.3. The van der Waals surface area contributed by atoms with Gasteiger partial charge in [0.25, 0.3) is 0 Å². The maximum Gasteiger partial charge on any atom is 0.165 e. The van der Waals surface area contributed by atoms with Crippen LogP contribution in [0.5, 0.6) is 0 Å². The summed E-state index contributed by atoms with van der Waals surface area (Å²) in [5.74, 6) is 1.05. The van der Waals surface area contributed by atoms with Crippen molar-refractivity contribution in [1.29, 1.82) is 0 Å². The van der Waals surface area contributed by atoms with Crippen LogP contribution in [0.3, 0.4) is 0 Å². The van der Waals surface area contributed by atoms with Crippen molar-refractivity contribution < 1.29 is 4.79 Å². The van der Waals surface area contributed by atoms with Gasteiger partial charge < -0.3 is 15.1 Å². The fraction of sp³-hybridized carbons (Fsp3) is 0.455. The van der Waals surface area contributed by atoms with E-state index in [1.165, 1.54) is 22.5 Å². The molecular weight excluding hydrogens is 350 g/mol. The van der Waals surface area contributed by atoms with Crippen LogP contribution in [0.1, 0.15) is 36.2 Å². The monoisotopic (exact) mass is 379 g/mol. The van der Waals surface area contributed by atoms with E-state index in [9.17, 15) is 4.79 Å². The average Bonchev–Trinajstić information content (AvgIpc) is 3.10. The number of hydrogen-bond acceptors (Lipinski definition) is 5. The van der Waals surface area contributed by atoms with Gasteiger partial charge in [-0.25, -0.2) is 4.68 Å². The minimum atomic E-state index is 0.144. The normalized spacial score (nSPS) is 19.0. The van der Waals surface area contributed by atoms with Crippen LogP contribution < -0.4 is 10.2 Å². The first-order valence-corrected chi connectivity index (χ1v) is 10.2. The molecule has 0 amide bonds. The highest BCUT2D eigenvalue weighted by atomic mass is 16.1. The number of aldehydes is 1. The fourth-order valence-electron chi connectivity index (χ4n) is 4.38. The predicted octanol–water partition coefficient (Wildman–Crippen LogP) is 2.48. The highest BCUT2D eigenvalue weighted by Gasteiger charge is 2.33. The Morgan fingerprint density at radius 3 is 2.96 bits per heavy atom. The van der Waals surface area contributed by atoms with Crippen molar-refractivity contribution in [1.82, 2.24) is 20.0 Å². The summed E-state index contributed by atoms with van der Waals surface area (Å²) in [6, 6.07) is 8.74. The lowest BCUT2D eigenvalue weighted by Crippen LogP contribution is -2.44. The molecule has 0 saturated carbocycles. The number of carbonyl (C=O) groups is 1. The number of aryl methyl sites for hydroxylation is 1. The van der Waals surface area contributed by atoms with Crippen LogP contribution in [0.25, 0.3) is 5.69 Å². The molecule has 1 atom stereocenters. The topological polar surface area (TPSA) is 53.4 Å². The Kier molecular flexibility index (Phi) is 5.22. The number of aromatic nitrogens is 2. The van der Waals surface area contributed by atoms with E-state index in [4.69, 9.17) is 5.10 Å². The van der Waals surface area contributed by atoms with Crippen molar-refractivity contribution in [2.24, 2.45) is 0 Å². The lowest BCUT2D eigenvalue weighted by Gasteiger charge is -2.36. The summed E-state index contributed by atoms with van der Waals surface area (Å²) >= 11 is 0. The Bertz CT molecular complexity index is 887. The highest BCUT2D eigenvalue weighted by molar-refractivity contribution is 5.71. The zero-order valence-electron chi connectivity index (χ0n) is 16.8. The molecule has 28 heavy (non-hydrogen) atoms. The summed E-state index contributed by atoms with van der Waals surface area (Å²) in [5, 5.41) is 8.73. The number of anilines is 1. The molecule has 2 aliphatic rings. The van der Waals surface area contributed by atoms with Gasteiger partial charge >= 0.3 is 0 Å². The molecule has 148 valence electrons. The Labute approximate surface area is 166 Å². The van der Waals surface area contributed by atoms with Crippen molar-refractivity contribution >= 4 is 12.1 Å². The van der Waals surface area contributed by atoms with Gasteiger partial charge in [-0.1, -0.05) is 38.1 Å². The molecule has 0 saturated heterocycles. The molecule has 4 rings (SSSR count). The number of para-hydroxylation sites is 1. The summed E-state index contributed by atoms with van der Waals surface area (Å²) in [6.07, 6.45) is 3.96. The molecule has 0 bridgehead atoms. The van der Waals surface area contributed by atoms with Gasteiger partial charge in [0.1, 0.15) is 0 Å². The molecular formula is C22H29N5O. The molecule has 0 spiro atoms. The number of benzene rings is 1. The van der Waals surface area contributed by atoms with E-state index >= 15 is 0 Å². The summed E-state index contributed by atoms with van der Waals surface area (Å²) in [5.41, 5.74) is 5.63. The third kappa shape index (κ3) is 3.22. The summed E-state index contributed by atoms with van der Waals surface area (Å²) < 4.78 is 2.17. The Balaban J connectivity index is 1.82. The van der Waals surface area contributed by atoms with Crippen molar-refractivity contribution in [3.63, 3.8) is 0 Å². The van der Waals surface area contributed by atoms with Crippen LogP contribution in [-0.2, 0) is 17.6 Å². The Hall–Kier alpha value is -2.60. The zero-order valence-corrected chi connectivity index (χ0v) is 16.8. The van der Waals surface area contributed by atoms with Crippen LogP contribution in [0, 0.1) is 0 Å². The van der Waals surface area contributed by atoms with E-state index in [2.05, 4.69) is 64.6 Å². The number of allylic oxidation sites excluding steroid dienone is 1. The van der Waals surface area contributed by atoms with E-state index in [1.807, 2.05) is 0 Å². The molecule has 6 heteroatoms. The summed E-state index contributed by atoms with van der Waals surface area (Å²) in [6.45, 7) is 9.37. The number of rotatable bonds is 5. The van der Waals surface area contributed by atoms with Gasteiger partial charge in [-0.3, -0.25) is 4.79 Å². The van der Waals surface area contributed by atoms with Crippen molar-refractivity contribution in [2.75, 3.05) is 38.1 Å². The van der Waals surface area contributed by atoms with E-state index in [-0.39, 0.29) is 6.04 Å². The fourth-order valence-corrected chi connectivity index (χ4v) is 4.38. The van der Waals surface area contributed by atoms with Crippen molar-refractivity contribution in [2.45, 2.75) is 32.2 Å². The predicted molar refractivity (Wildman–Crippen MR) is 112 cm³/mol. The van der Waals surface area contributed by atoms with Gasteiger partial charge in [0.2, 0.25) is 0 Å². The lowest BCUT2D eigenvalue weighted by atomic mass is 9.97. The minimum Gasteiger partial charge on any atom is -0.366 e. The van der Waals surface area contributed by atoms with Gasteiger partial charge in [-0.2, -0.15) is 0 Å². The second-order valence-electron chi connectivity index (χ2n) is 7.71. The average molecular weight is 380 g/mol. The van der Waals surface area contributed by atoms with E-state index in [1.54, 1.807) is 0 Å². The van der Waals surface area contributed by atoms with Crippen molar-refractivity contribution in [3.05, 3.63) is 53.4 Å². The van der Waals surface area contributed by atoms with Gasteiger partial charge in [0.05, 0.1) is 23.1 Å². The zero-order chi connectivity index (χ0) is 19.7. The standard InChI is InChI=1S/C22H29N5O/c1-4-7-17-8-5-6-9-19(17)27-20-10-11-23-18-14-26(16(2)15-28)13-12-25(3)22(24-27)21(18)20/h5-6,8-9,15,18,23H,2,4,7,10-14H2,1,3H3. The van der Waals surface area contributed by atoms with Gasteiger partial charge in [-0.05, 0) is 18.1 Å². The van der Waals surface area contributed by atoms with Gasteiger partial charge in [0, 0.05) is 45.2 Å². The minimum absolute atomic E-state index is 0.144. The van der Waals surface area contributed by atoms with Crippen molar-refractivity contribution in [3.8, 4) is 5.69 Å². The number of nitrogens with zero attached hydrogens (tertiary/aromatic N) is 4. The molecule has 0 fully saturated rings. The quantitative estimate of drug-likeness (QED) is 0.639. The number of nitrogens with one attached hydrogen (secondary N) is 1. The molecule has 2 aliphatic heterocycles. The van der Waals surface area contributed by atoms with Crippen LogP contribution in [0.4, 0.5) is 5.82 Å². The first-order valence-electron chi connectivity index (χ1n) is 10.2. The highest BCUT2D eigenvalue weighted by Crippen LogP contribution is 2.36. The molecule has 1 unspecified atom stereocenters. The molecule has 1 aromatic carbocycles. The van der Waals surface area contributed by atoms with Crippen LogP contribution in [-0.4, -0.2) is 54.2 Å². The molecule has 2 aromatic rings. The molecule has 0 radical (unpaired) electrons. The first kappa shape index (κ1) is 18.7. The third-order valence-electron chi connectivity index (χ3n) is 5.85. The SMILES string of the molecule is C=C(C=O)N1CCN(C)c2nn(-c3ccccc3CCC)c3c2C(C1)NCC3. The van der Waals surface area contributed by atoms with Gasteiger partial charge in [0.15, 0.2) is 12.1 Å². The number of hydrogen-bond donors (Lipinski definition) is 1. The summed E-state index contributed by atoms with van der Waals surface area (Å²) in [4.78, 5) is 15.6. The molecule has 1 N–H and O–H groups in total. The third-order valence-corrected chi connectivity index (χ3v) is 5.85. The van der Waals surface area contributed by atoms with Crippen LogP contribution in [0.2, 0.25) is 0 Å². The second-order valence-corrected chi connectivity index (χ2v) is 7.71. The Morgan fingerprint density at radius 2 is 2.18 bits per heavy atom. The first-order chi connectivity index (χ1) is 13.6. The largest absolute Gasteiger partial charge is 0.366 e. The van der Waals surface area contributed by atoms with E-state index < -0.39 is 0 Å². The number of carbonyl (C=O) groups excluding carboxylic acids is 1. The Morgan fingerprint density at radius 1 is 1.36 bits per heavy atom. The van der Waals surface area contributed by atoms with E-state index in [0.717, 1.165) is 57.5 Å². The smallest absolute Gasteiger partial charge is 0.165 e. The maximum atomic E-state index is 11.3. The van der Waals surface area contributed by atoms with Gasteiger partial charge in [-0.15, -0.1) is 5.10 Å². The molecule has 0 aliphatic carbocycles. The molecule has 1 aromatic heterocycles. The summed E-state index contributed by atoms with van der Waals surface area (Å²) in [7, 11) is 2.09. The van der Waals surface area contributed by atoms with E-state index in [0.29, 0.717) is 5.70 Å². The lowest BCUT2D eigenvalue weighted by molar-refractivity contribution is -0.106. The molecule has 3 heterocycles. The number of likely N-dealkylation sites (N-methyl/N-ethyl adjacent to an activating group) is 1. The van der Waals surface area contributed by atoms with Crippen LogP contribution in [0.15, 0.2) is 36.5 Å². The molecule has 6 nitrogen and oxygen atoms in total. The second kappa shape index (κ2) is 7.80. The van der Waals surface area contributed by atoms with Crippen LogP contribution >= 0.6 is 0 Å².